The number of phosphoric acid groups is 1. The molecule has 1 saturated heterocycles. The average Bonchev–Trinajstić information content (AvgIpc) is 3.89. The number of phosphoric ester groups is 1. The lowest BCUT2D eigenvalue weighted by Gasteiger charge is -2.28. The van der Waals surface area contributed by atoms with E-state index in [1.165, 1.54) is 51.4 Å². The van der Waals surface area contributed by atoms with E-state index in [0.29, 0.717) is 30.3 Å². The first-order valence-electron chi connectivity index (χ1n) is 21.5. The van der Waals surface area contributed by atoms with Crippen molar-refractivity contribution in [2.75, 3.05) is 47.5 Å². The summed E-state index contributed by atoms with van der Waals surface area (Å²) in [5.41, 5.74) is 0. The van der Waals surface area contributed by atoms with Gasteiger partial charge in [-0.2, -0.15) is 0 Å². The van der Waals surface area contributed by atoms with Crippen LogP contribution in [0.2, 0.25) is 0 Å². The number of ether oxygens (including phenoxy) is 3. The second-order valence-corrected chi connectivity index (χ2v) is 17.1. The van der Waals surface area contributed by atoms with E-state index in [4.69, 9.17) is 23.3 Å². The molecule has 0 aromatic heterocycles. The fraction of sp³-hybridized carbons (Fsp3) is 0.773. The lowest BCUT2D eigenvalue weighted by Crippen LogP contribution is -2.37. The van der Waals surface area contributed by atoms with Crippen LogP contribution in [0.3, 0.4) is 0 Å². The minimum atomic E-state index is -4.65. The van der Waals surface area contributed by atoms with Crippen molar-refractivity contribution in [1.29, 1.82) is 0 Å². The second-order valence-electron chi connectivity index (χ2n) is 15.7. The van der Waals surface area contributed by atoms with E-state index in [-0.39, 0.29) is 38.3 Å². The van der Waals surface area contributed by atoms with Crippen LogP contribution in [0.1, 0.15) is 155 Å². The van der Waals surface area contributed by atoms with Crippen molar-refractivity contribution in [3.8, 4) is 0 Å². The van der Waals surface area contributed by atoms with Gasteiger partial charge in [-0.15, -0.1) is 0 Å². The number of nitrogens with zero attached hydrogens (tertiary/aromatic N) is 1. The van der Waals surface area contributed by atoms with E-state index >= 15 is 0 Å². The third-order valence-corrected chi connectivity index (χ3v) is 10.2. The summed E-state index contributed by atoms with van der Waals surface area (Å²) in [6.07, 6.45) is 38.8. The quantitative estimate of drug-likeness (QED) is 0.0151. The first kappa shape index (κ1) is 50.9. The molecule has 4 atom stereocenters. The number of carbonyl (C=O) groups excluding carboxylic acids is 2. The van der Waals surface area contributed by atoms with Crippen molar-refractivity contribution < 1.29 is 46.8 Å². The Morgan fingerprint density at radius 2 is 1.16 bits per heavy atom. The SMILES string of the molecule is CCCCC/C=C\C/C=C\CC1OC1C/C=C\CCCC(=O)OC(COC(=O)CCCCCCC/C=C\CCCCCC)COP(=O)([O-])OCC[N+](C)(C)C. The molecule has 4 unspecified atom stereocenters. The minimum absolute atomic E-state index is 0.0469. The molecule has 1 aliphatic heterocycles. The van der Waals surface area contributed by atoms with Crippen molar-refractivity contribution >= 4 is 19.8 Å². The lowest BCUT2D eigenvalue weighted by molar-refractivity contribution is -0.870. The molecule has 1 heterocycles. The van der Waals surface area contributed by atoms with Crippen molar-refractivity contribution in [3.05, 3.63) is 48.6 Å². The maximum Gasteiger partial charge on any atom is 0.306 e. The van der Waals surface area contributed by atoms with Gasteiger partial charge in [-0.05, 0) is 77.0 Å². The summed E-state index contributed by atoms with van der Waals surface area (Å²) in [5, 5.41) is 0. The third kappa shape index (κ3) is 33.8. The highest BCUT2D eigenvalue weighted by Gasteiger charge is 2.36. The Balaban J connectivity index is 2.36. The van der Waals surface area contributed by atoms with Gasteiger partial charge < -0.3 is 32.6 Å². The number of allylic oxidation sites excluding steroid dienone is 6. The molecule has 1 aliphatic rings. The normalized spacial score (nSPS) is 17.8. The molecule has 0 saturated carbocycles. The number of esters is 2. The third-order valence-electron chi connectivity index (χ3n) is 9.22. The van der Waals surface area contributed by atoms with E-state index in [1.54, 1.807) is 0 Å². The Bertz CT molecular complexity index is 1150. The van der Waals surface area contributed by atoms with Crippen LogP contribution in [0.25, 0.3) is 0 Å². The number of hydrogen-bond donors (Lipinski definition) is 0. The van der Waals surface area contributed by atoms with Gasteiger partial charge in [0.1, 0.15) is 19.8 Å². The molecule has 0 N–H and O–H groups in total. The number of carbonyl (C=O) groups is 2. The summed E-state index contributed by atoms with van der Waals surface area (Å²) in [6, 6.07) is 0. The molecule has 0 amide bonds. The highest BCUT2D eigenvalue weighted by atomic mass is 31.2. The molecular weight excluding hydrogens is 717 g/mol. The van der Waals surface area contributed by atoms with Crippen LogP contribution in [-0.4, -0.2) is 82.2 Å². The molecule has 10 nitrogen and oxygen atoms in total. The highest BCUT2D eigenvalue weighted by molar-refractivity contribution is 7.45. The second kappa shape index (κ2) is 33.0. The molecular formula is C44H78NO9P. The smallest absolute Gasteiger partial charge is 0.306 e. The Kier molecular flexibility index (Phi) is 30.5. The summed E-state index contributed by atoms with van der Waals surface area (Å²) < 4.78 is 39.6. The maximum absolute atomic E-state index is 12.7. The van der Waals surface area contributed by atoms with Gasteiger partial charge in [0.25, 0.3) is 7.82 Å². The molecule has 318 valence electrons. The van der Waals surface area contributed by atoms with Crippen molar-refractivity contribution in [1.82, 2.24) is 0 Å². The molecule has 11 heteroatoms. The molecule has 1 fully saturated rings. The summed E-state index contributed by atoms with van der Waals surface area (Å²) in [4.78, 5) is 37.5. The van der Waals surface area contributed by atoms with Gasteiger partial charge in [-0.25, -0.2) is 0 Å². The van der Waals surface area contributed by atoms with Gasteiger partial charge in [0.05, 0.1) is 40.0 Å². The molecule has 0 bridgehead atoms. The molecule has 55 heavy (non-hydrogen) atoms. The molecule has 0 spiro atoms. The maximum atomic E-state index is 12.7. The molecule has 0 aliphatic carbocycles. The van der Waals surface area contributed by atoms with Crippen LogP contribution in [0.5, 0.6) is 0 Å². The van der Waals surface area contributed by atoms with Crippen LogP contribution in [0.15, 0.2) is 48.6 Å². The number of rotatable bonds is 37. The van der Waals surface area contributed by atoms with E-state index in [1.807, 2.05) is 27.2 Å². The number of likely N-dealkylation sites (N-methyl/N-ethyl adjacent to an activating group) is 1. The number of epoxide rings is 1. The monoisotopic (exact) mass is 796 g/mol. The first-order valence-corrected chi connectivity index (χ1v) is 22.9. The predicted molar refractivity (Wildman–Crippen MR) is 221 cm³/mol. The predicted octanol–water partition coefficient (Wildman–Crippen LogP) is 10.3. The summed E-state index contributed by atoms with van der Waals surface area (Å²) >= 11 is 0. The van der Waals surface area contributed by atoms with Crippen molar-refractivity contribution in [2.45, 2.75) is 173 Å². The van der Waals surface area contributed by atoms with Crippen LogP contribution >= 0.6 is 7.82 Å². The molecule has 1 rings (SSSR count). The number of unbranched alkanes of at least 4 members (excludes halogenated alkanes) is 13. The van der Waals surface area contributed by atoms with Gasteiger partial charge in [0.2, 0.25) is 0 Å². The number of quaternary nitrogens is 1. The fourth-order valence-corrected chi connectivity index (χ4v) is 6.41. The van der Waals surface area contributed by atoms with Crippen molar-refractivity contribution in [2.24, 2.45) is 0 Å². The van der Waals surface area contributed by atoms with Gasteiger partial charge in [-0.3, -0.25) is 14.2 Å². The average molecular weight is 796 g/mol. The Morgan fingerprint density at radius 3 is 1.84 bits per heavy atom. The van der Waals surface area contributed by atoms with E-state index in [9.17, 15) is 19.0 Å². The van der Waals surface area contributed by atoms with Crippen LogP contribution in [-0.2, 0) is 37.4 Å². The van der Waals surface area contributed by atoms with E-state index < -0.39 is 32.5 Å². The van der Waals surface area contributed by atoms with Gasteiger partial charge >= 0.3 is 11.9 Å². The van der Waals surface area contributed by atoms with Gasteiger partial charge in [0.15, 0.2) is 6.10 Å². The molecule has 0 radical (unpaired) electrons. The van der Waals surface area contributed by atoms with Crippen LogP contribution in [0.4, 0.5) is 0 Å². The van der Waals surface area contributed by atoms with Gasteiger partial charge in [0, 0.05) is 12.8 Å². The van der Waals surface area contributed by atoms with Crippen LogP contribution in [0, 0.1) is 0 Å². The minimum Gasteiger partial charge on any atom is -0.756 e. The molecule has 0 aromatic rings. The summed E-state index contributed by atoms with van der Waals surface area (Å²) in [7, 11) is 1.11. The van der Waals surface area contributed by atoms with E-state index in [0.717, 1.165) is 57.8 Å². The fourth-order valence-electron chi connectivity index (χ4n) is 5.68. The standard InChI is InChI=1S/C44H78NO9P/c1-6-8-10-12-14-16-17-18-19-21-23-25-30-34-43(46)50-38-40(39-52-55(48,49)51-37-36-45(3,4)5)53-44(47)35-31-27-26-29-33-42-41(54-42)32-28-24-22-20-15-13-11-9-7-2/h15-17,20,24,26,28-29,40-42H,6-14,18-19,21-23,25,27,30-39H2,1-5H3/b17-16-,20-15-,28-24-,29-26-. The largest absolute Gasteiger partial charge is 0.756 e. The zero-order valence-electron chi connectivity index (χ0n) is 35.3. The zero-order valence-corrected chi connectivity index (χ0v) is 36.2. The first-order chi connectivity index (χ1) is 26.5. The topological polar surface area (TPSA) is 124 Å². The summed E-state index contributed by atoms with van der Waals surface area (Å²) in [5.74, 6) is -0.922. The highest BCUT2D eigenvalue weighted by Crippen LogP contribution is 2.38. The van der Waals surface area contributed by atoms with Crippen molar-refractivity contribution in [3.63, 3.8) is 0 Å². The van der Waals surface area contributed by atoms with E-state index in [2.05, 4.69) is 56.4 Å². The van der Waals surface area contributed by atoms with Crippen LogP contribution < -0.4 is 4.89 Å². The Morgan fingerprint density at radius 1 is 0.655 bits per heavy atom. The Hall–Kier alpha value is -2.07. The lowest BCUT2D eigenvalue weighted by atomic mass is 10.1. The zero-order chi connectivity index (χ0) is 40.5. The molecule has 0 aromatic carbocycles. The summed E-state index contributed by atoms with van der Waals surface area (Å²) in [6.45, 7) is 4.07. The number of hydrogen-bond acceptors (Lipinski definition) is 9. The Labute approximate surface area is 335 Å². The van der Waals surface area contributed by atoms with Gasteiger partial charge in [-0.1, -0.05) is 114 Å².